The van der Waals surface area contributed by atoms with Crippen molar-refractivity contribution in [3.05, 3.63) is 126 Å². The van der Waals surface area contributed by atoms with Gasteiger partial charge in [-0.3, -0.25) is 4.21 Å². The Bertz CT molecular complexity index is 1500. The molecule has 4 aromatic carbocycles. The van der Waals surface area contributed by atoms with Gasteiger partial charge in [-0.05, 0) is 46.5 Å². The average Bonchev–Trinajstić information content (AvgIpc) is 3.05. The molecule has 0 unspecified atom stereocenters. The molecule has 1 amide bonds. The lowest BCUT2D eigenvalue weighted by molar-refractivity contribution is 0.108. The highest BCUT2D eigenvalue weighted by Gasteiger charge is 2.50. The van der Waals surface area contributed by atoms with Crippen molar-refractivity contribution in [2.24, 2.45) is 0 Å². The molecule has 4 aromatic rings. The van der Waals surface area contributed by atoms with Crippen molar-refractivity contribution in [1.82, 2.24) is 5.32 Å². The Morgan fingerprint density at radius 1 is 0.870 bits per heavy atom. The first-order valence-corrected chi connectivity index (χ1v) is 19.6. The van der Waals surface area contributed by atoms with E-state index in [4.69, 9.17) is 9.16 Å². The van der Waals surface area contributed by atoms with Crippen molar-refractivity contribution < 1.29 is 23.3 Å². The van der Waals surface area contributed by atoms with Gasteiger partial charge in [0.05, 0.1) is 28.7 Å². The summed E-state index contributed by atoms with van der Waals surface area (Å²) in [6.45, 7) is 9.10. The fourth-order valence-electron chi connectivity index (χ4n) is 5.64. The molecule has 0 spiro atoms. The maximum Gasteiger partial charge on any atom is 0.407 e. The Morgan fingerprint density at radius 2 is 1.39 bits per heavy atom. The maximum atomic E-state index is 13.2. The zero-order valence-electron chi connectivity index (χ0n) is 26.9. The van der Waals surface area contributed by atoms with Crippen LogP contribution in [0.4, 0.5) is 4.79 Å². The molecule has 4 rings (SSSR count). The fourth-order valence-corrected chi connectivity index (χ4v) is 12.0. The number of rotatable bonds is 14. The fraction of sp³-hybridized carbons (Fsp3) is 0.324. The van der Waals surface area contributed by atoms with Gasteiger partial charge in [-0.1, -0.05) is 145 Å². The zero-order chi connectivity index (χ0) is 33.2. The first-order valence-electron chi connectivity index (χ1n) is 15.5. The van der Waals surface area contributed by atoms with Gasteiger partial charge in [0.25, 0.3) is 8.32 Å². The molecule has 46 heavy (non-hydrogen) atoms. The van der Waals surface area contributed by atoms with E-state index in [1.165, 1.54) is 10.4 Å². The minimum atomic E-state index is -2.78. The van der Waals surface area contributed by atoms with Gasteiger partial charge in [-0.25, -0.2) is 4.79 Å². The van der Waals surface area contributed by atoms with E-state index in [9.17, 15) is 14.1 Å². The van der Waals surface area contributed by atoms with E-state index < -0.39 is 42.2 Å². The predicted octanol–water partition coefficient (Wildman–Crippen LogP) is 6.49. The number of aliphatic hydroxyl groups excluding tert-OH is 1. The van der Waals surface area contributed by atoms with Gasteiger partial charge in [0.15, 0.2) is 0 Å². The van der Waals surface area contributed by atoms with Crippen LogP contribution in [0.2, 0.25) is 5.04 Å². The Balaban J connectivity index is 1.53. The normalized spacial score (nSPS) is 14.6. The van der Waals surface area contributed by atoms with Crippen molar-refractivity contribution in [2.75, 3.05) is 12.4 Å². The number of amides is 1. The van der Waals surface area contributed by atoms with E-state index >= 15 is 0 Å². The smallest absolute Gasteiger partial charge is 0.407 e. The highest BCUT2D eigenvalue weighted by Crippen LogP contribution is 2.37. The third kappa shape index (κ3) is 9.26. The molecule has 2 N–H and O–H groups in total. The summed E-state index contributed by atoms with van der Waals surface area (Å²) in [5.41, 5.74) is 1.91. The number of aliphatic hydroxyl groups is 1. The second-order valence-corrected chi connectivity index (χ2v) is 19.4. The van der Waals surface area contributed by atoms with Crippen LogP contribution < -0.4 is 15.7 Å². The van der Waals surface area contributed by atoms with Gasteiger partial charge in [0, 0.05) is 16.3 Å². The Morgan fingerprint density at radius 3 is 1.91 bits per heavy atom. The molecular formula is C37H44BrNO5SSi. The molecule has 9 heteroatoms. The third-order valence-electron chi connectivity index (χ3n) is 8.04. The molecule has 0 bridgehead atoms. The topological polar surface area (TPSA) is 84.9 Å². The number of alkyl halides is 1. The molecule has 0 saturated heterocycles. The predicted molar refractivity (Wildman–Crippen MR) is 193 cm³/mol. The van der Waals surface area contributed by atoms with E-state index in [-0.39, 0.29) is 17.4 Å². The van der Waals surface area contributed by atoms with Gasteiger partial charge in [0.2, 0.25) is 0 Å². The molecule has 0 aromatic heterocycles. The quantitative estimate of drug-likeness (QED) is 0.115. The number of halogens is 1. The second kappa shape index (κ2) is 16.7. The number of nitrogens with one attached hydrogen (secondary N) is 1. The highest BCUT2D eigenvalue weighted by molar-refractivity contribution is 9.09. The summed E-state index contributed by atoms with van der Waals surface area (Å²) in [5.74, 6) is -0.0512. The number of carbonyl (C=O) groups excluding carboxylic acids is 1. The van der Waals surface area contributed by atoms with Gasteiger partial charge in [-0.2, -0.15) is 0 Å². The SMILES string of the molecule is Cc1ccc([S@@](=O)C[C@@H](O)[C@@H](NC(=O)OCc2ccccc2)[C@H](Br)CCO[Si](c2ccccc2)(c2ccccc2)C(C)(C)C)cc1. The third-order valence-corrected chi connectivity index (χ3v) is 15.5. The summed E-state index contributed by atoms with van der Waals surface area (Å²) >= 11 is 3.76. The van der Waals surface area contributed by atoms with Crippen molar-refractivity contribution in [1.29, 1.82) is 0 Å². The van der Waals surface area contributed by atoms with Crippen molar-refractivity contribution >= 4 is 51.5 Å². The van der Waals surface area contributed by atoms with E-state index in [1.54, 1.807) is 12.1 Å². The largest absolute Gasteiger partial charge is 0.445 e. The molecule has 0 aliphatic rings. The van der Waals surface area contributed by atoms with Crippen molar-refractivity contribution in [3.8, 4) is 0 Å². The highest BCUT2D eigenvalue weighted by atomic mass is 79.9. The summed E-state index contributed by atoms with van der Waals surface area (Å²) < 4.78 is 25.8. The van der Waals surface area contributed by atoms with Crippen LogP contribution in [0.15, 0.2) is 120 Å². The lowest BCUT2D eigenvalue weighted by Gasteiger charge is -2.43. The lowest BCUT2D eigenvalue weighted by Crippen LogP contribution is -2.66. The first-order chi connectivity index (χ1) is 22.0. The number of carbonyl (C=O) groups is 1. The van der Waals surface area contributed by atoms with E-state index in [0.717, 1.165) is 11.1 Å². The monoisotopic (exact) mass is 721 g/mol. The second-order valence-electron chi connectivity index (χ2n) is 12.4. The van der Waals surface area contributed by atoms with Crippen LogP contribution in [0.25, 0.3) is 0 Å². The molecule has 0 fully saturated rings. The van der Waals surface area contributed by atoms with Crippen LogP contribution in [0.5, 0.6) is 0 Å². The molecule has 0 aliphatic heterocycles. The van der Waals surface area contributed by atoms with Crippen LogP contribution >= 0.6 is 15.9 Å². The van der Waals surface area contributed by atoms with Crippen molar-refractivity contribution in [2.45, 2.75) is 67.6 Å². The van der Waals surface area contributed by atoms with Crippen LogP contribution in [0, 0.1) is 6.92 Å². The lowest BCUT2D eigenvalue weighted by atomic mass is 10.1. The summed E-state index contributed by atoms with van der Waals surface area (Å²) in [4.78, 5) is 13.2. The molecule has 0 aliphatic carbocycles. The molecule has 244 valence electrons. The number of ether oxygens (including phenoxy) is 1. The number of hydrogen-bond donors (Lipinski definition) is 2. The van der Waals surface area contributed by atoms with Gasteiger partial charge in [-0.15, -0.1) is 0 Å². The number of benzene rings is 4. The summed E-state index contributed by atoms with van der Waals surface area (Å²) in [7, 11) is -4.26. The van der Waals surface area contributed by atoms with Crippen LogP contribution in [-0.2, 0) is 26.6 Å². The molecule has 4 atom stereocenters. The minimum Gasteiger partial charge on any atom is -0.445 e. The molecule has 0 heterocycles. The Hall–Kier alpha value is -3.08. The number of aryl methyl sites for hydroxylation is 1. The van der Waals surface area contributed by atoms with Crippen LogP contribution in [-0.4, -0.2) is 53.1 Å². The minimum absolute atomic E-state index is 0.0512. The molecule has 0 radical (unpaired) electrons. The van der Waals surface area contributed by atoms with Gasteiger partial charge >= 0.3 is 6.09 Å². The Labute approximate surface area is 285 Å². The van der Waals surface area contributed by atoms with Crippen LogP contribution in [0.1, 0.15) is 38.3 Å². The van der Waals surface area contributed by atoms with Gasteiger partial charge in [0.1, 0.15) is 6.61 Å². The van der Waals surface area contributed by atoms with E-state index in [2.05, 4.69) is 66.3 Å². The average molecular weight is 723 g/mol. The summed E-state index contributed by atoms with van der Waals surface area (Å²) in [6, 6.07) is 36.8. The van der Waals surface area contributed by atoms with Crippen molar-refractivity contribution in [3.63, 3.8) is 0 Å². The van der Waals surface area contributed by atoms with E-state index in [0.29, 0.717) is 17.9 Å². The molecule has 6 nitrogen and oxygen atoms in total. The molecule has 0 saturated carbocycles. The zero-order valence-corrected chi connectivity index (χ0v) is 30.3. The summed E-state index contributed by atoms with van der Waals surface area (Å²) in [6.07, 6.45) is -1.31. The van der Waals surface area contributed by atoms with Crippen LogP contribution in [0.3, 0.4) is 0 Å². The summed E-state index contributed by atoms with van der Waals surface area (Å²) in [5, 5.41) is 16.4. The standard InChI is InChI=1S/C37H44BrNO5SSi/c1-28-20-22-30(23-21-28)45(42)27-34(40)35(39-36(41)43-26-29-14-8-5-9-15-29)33(38)24-25-44-46(37(2,3)4,31-16-10-6-11-17-31)32-18-12-7-13-19-32/h5-23,33-35,40H,24-27H2,1-4H3,(H,39,41)/t33-,34-,35+,45+/m1/s1. The van der Waals surface area contributed by atoms with Gasteiger partial charge < -0.3 is 19.6 Å². The maximum absolute atomic E-state index is 13.2. The first kappa shape index (κ1) is 35.8. The molecular weight excluding hydrogens is 678 g/mol. The van der Waals surface area contributed by atoms with E-state index in [1.807, 2.05) is 85.8 Å². The number of alkyl carbamates (subject to hydrolysis) is 1. The number of hydrogen-bond acceptors (Lipinski definition) is 5. The Kier molecular flexibility index (Phi) is 12.9.